The first kappa shape index (κ1) is 14.1. The van der Waals surface area contributed by atoms with Gasteiger partial charge in [-0.05, 0) is 38.2 Å². The Morgan fingerprint density at radius 3 is 2.79 bits per heavy atom. The summed E-state index contributed by atoms with van der Waals surface area (Å²) in [5.41, 5.74) is 2.41. The van der Waals surface area contributed by atoms with E-state index in [1.54, 1.807) is 0 Å². The molecular formula is C16H22O3. The smallest absolute Gasteiger partial charge is 0.306 e. The topological polar surface area (TPSA) is 35.5 Å². The van der Waals surface area contributed by atoms with Gasteiger partial charge in [-0.3, -0.25) is 4.79 Å². The lowest BCUT2D eigenvalue weighted by Gasteiger charge is -2.22. The van der Waals surface area contributed by atoms with E-state index in [1.807, 2.05) is 0 Å². The van der Waals surface area contributed by atoms with Crippen molar-refractivity contribution in [1.29, 1.82) is 0 Å². The molecule has 0 radical (unpaired) electrons. The average Bonchev–Trinajstić information content (AvgIpc) is 2.45. The highest BCUT2D eigenvalue weighted by Gasteiger charge is 2.15. The zero-order valence-electron chi connectivity index (χ0n) is 11.6. The maximum Gasteiger partial charge on any atom is 0.306 e. The van der Waals surface area contributed by atoms with Crippen LogP contribution in [0.5, 0.6) is 0 Å². The fourth-order valence-corrected chi connectivity index (χ4v) is 2.20. The van der Waals surface area contributed by atoms with Crippen molar-refractivity contribution >= 4 is 5.97 Å². The van der Waals surface area contributed by atoms with Gasteiger partial charge in [0.1, 0.15) is 6.61 Å². The summed E-state index contributed by atoms with van der Waals surface area (Å²) in [6, 6.07) is 8.26. The van der Waals surface area contributed by atoms with E-state index in [-0.39, 0.29) is 12.1 Å². The fraction of sp³-hybridized carbons (Fsp3) is 0.562. The standard InChI is InChI=1S/C16H22O3/c1-13-5-7-14(8-6-13)9-10-16(17)19-12-15-4-2-3-11-18-15/h5-8,15H,2-4,9-12H2,1H3. The first-order valence-electron chi connectivity index (χ1n) is 7.07. The van der Waals surface area contributed by atoms with E-state index in [4.69, 9.17) is 9.47 Å². The van der Waals surface area contributed by atoms with Gasteiger partial charge < -0.3 is 9.47 Å². The fourth-order valence-electron chi connectivity index (χ4n) is 2.20. The molecule has 1 atom stereocenters. The molecule has 1 aliphatic rings. The highest BCUT2D eigenvalue weighted by atomic mass is 16.6. The number of carbonyl (C=O) groups is 1. The molecule has 1 fully saturated rings. The Labute approximate surface area is 114 Å². The maximum atomic E-state index is 11.6. The summed E-state index contributed by atoms with van der Waals surface area (Å²) in [7, 11) is 0. The molecule has 19 heavy (non-hydrogen) atoms. The molecule has 3 nitrogen and oxygen atoms in total. The van der Waals surface area contributed by atoms with Crippen LogP contribution in [0.15, 0.2) is 24.3 Å². The molecule has 1 saturated heterocycles. The summed E-state index contributed by atoms with van der Waals surface area (Å²) in [4.78, 5) is 11.6. The van der Waals surface area contributed by atoms with Gasteiger partial charge in [0.05, 0.1) is 6.10 Å². The van der Waals surface area contributed by atoms with E-state index in [0.717, 1.165) is 25.9 Å². The van der Waals surface area contributed by atoms with Crippen molar-refractivity contribution in [3.8, 4) is 0 Å². The average molecular weight is 262 g/mol. The largest absolute Gasteiger partial charge is 0.463 e. The van der Waals surface area contributed by atoms with Crippen molar-refractivity contribution in [3.63, 3.8) is 0 Å². The number of aryl methyl sites for hydroxylation is 2. The second-order valence-electron chi connectivity index (χ2n) is 5.16. The second-order valence-corrected chi connectivity index (χ2v) is 5.16. The Hall–Kier alpha value is -1.35. The lowest BCUT2D eigenvalue weighted by atomic mass is 10.1. The number of benzene rings is 1. The van der Waals surface area contributed by atoms with Crippen molar-refractivity contribution < 1.29 is 14.3 Å². The minimum absolute atomic E-state index is 0.108. The first-order valence-corrected chi connectivity index (χ1v) is 7.07. The van der Waals surface area contributed by atoms with Crippen molar-refractivity contribution in [3.05, 3.63) is 35.4 Å². The molecule has 0 aromatic heterocycles. The van der Waals surface area contributed by atoms with Crippen molar-refractivity contribution in [2.24, 2.45) is 0 Å². The third kappa shape index (κ3) is 5.03. The van der Waals surface area contributed by atoms with Crippen LogP contribution in [0.1, 0.15) is 36.8 Å². The van der Waals surface area contributed by atoms with Crippen LogP contribution in [0.3, 0.4) is 0 Å². The first-order chi connectivity index (χ1) is 9.24. The molecule has 1 aromatic carbocycles. The Bertz CT molecular complexity index is 391. The molecule has 1 unspecified atom stereocenters. The third-order valence-corrected chi connectivity index (χ3v) is 3.44. The summed E-state index contributed by atoms with van der Waals surface area (Å²) < 4.78 is 10.8. The number of ether oxygens (including phenoxy) is 2. The summed E-state index contributed by atoms with van der Waals surface area (Å²) in [6.07, 6.45) is 4.59. The molecule has 0 amide bonds. The van der Waals surface area contributed by atoms with Gasteiger partial charge in [-0.1, -0.05) is 29.8 Å². The molecule has 1 heterocycles. The SMILES string of the molecule is Cc1ccc(CCC(=O)OCC2CCCCO2)cc1. The molecule has 1 aromatic rings. The summed E-state index contributed by atoms with van der Waals surface area (Å²) in [5, 5.41) is 0. The Balaban J connectivity index is 1.65. The van der Waals surface area contributed by atoms with Gasteiger partial charge in [0.2, 0.25) is 0 Å². The van der Waals surface area contributed by atoms with Crippen LogP contribution in [-0.4, -0.2) is 25.3 Å². The molecule has 0 saturated carbocycles. The quantitative estimate of drug-likeness (QED) is 0.765. The molecular weight excluding hydrogens is 240 g/mol. The minimum atomic E-state index is -0.130. The van der Waals surface area contributed by atoms with E-state index < -0.39 is 0 Å². The summed E-state index contributed by atoms with van der Waals surface area (Å²) in [5.74, 6) is -0.130. The zero-order chi connectivity index (χ0) is 13.5. The Kier molecular flexibility index (Phi) is 5.40. The number of carbonyl (C=O) groups excluding carboxylic acids is 1. The monoisotopic (exact) mass is 262 g/mol. The lowest BCUT2D eigenvalue weighted by molar-refractivity contribution is -0.149. The van der Waals surface area contributed by atoms with Gasteiger partial charge in [-0.15, -0.1) is 0 Å². The van der Waals surface area contributed by atoms with Gasteiger partial charge in [0, 0.05) is 13.0 Å². The van der Waals surface area contributed by atoms with Crippen LogP contribution < -0.4 is 0 Å². The van der Waals surface area contributed by atoms with Gasteiger partial charge in [0.15, 0.2) is 0 Å². The minimum Gasteiger partial charge on any atom is -0.463 e. The number of rotatable bonds is 5. The zero-order valence-corrected chi connectivity index (χ0v) is 11.6. The van der Waals surface area contributed by atoms with Gasteiger partial charge >= 0.3 is 5.97 Å². The van der Waals surface area contributed by atoms with E-state index in [0.29, 0.717) is 13.0 Å². The van der Waals surface area contributed by atoms with Crippen molar-refractivity contribution in [1.82, 2.24) is 0 Å². The second kappa shape index (κ2) is 7.29. The predicted molar refractivity (Wildman–Crippen MR) is 74.1 cm³/mol. The van der Waals surface area contributed by atoms with Crippen LogP contribution in [0.2, 0.25) is 0 Å². The summed E-state index contributed by atoms with van der Waals surface area (Å²) >= 11 is 0. The molecule has 104 valence electrons. The predicted octanol–water partition coefficient (Wildman–Crippen LogP) is 3.04. The van der Waals surface area contributed by atoms with E-state index in [9.17, 15) is 4.79 Å². The van der Waals surface area contributed by atoms with Crippen LogP contribution in [0, 0.1) is 6.92 Å². The number of hydrogen-bond donors (Lipinski definition) is 0. The molecule has 0 spiro atoms. The number of esters is 1. The van der Waals surface area contributed by atoms with Crippen LogP contribution in [0.25, 0.3) is 0 Å². The molecule has 0 bridgehead atoms. The van der Waals surface area contributed by atoms with E-state index in [2.05, 4.69) is 31.2 Å². The van der Waals surface area contributed by atoms with Crippen LogP contribution >= 0.6 is 0 Å². The van der Waals surface area contributed by atoms with E-state index in [1.165, 1.54) is 17.5 Å². The lowest BCUT2D eigenvalue weighted by Crippen LogP contribution is -2.26. The maximum absolute atomic E-state index is 11.6. The molecule has 3 heteroatoms. The molecule has 0 aliphatic carbocycles. The van der Waals surface area contributed by atoms with Crippen molar-refractivity contribution in [2.75, 3.05) is 13.2 Å². The summed E-state index contributed by atoms with van der Waals surface area (Å²) in [6.45, 7) is 3.26. The molecule has 2 rings (SSSR count). The third-order valence-electron chi connectivity index (χ3n) is 3.44. The normalized spacial score (nSPS) is 19.1. The van der Waals surface area contributed by atoms with E-state index >= 15 is 0 Å². The highest BCUT2D eigenvalue weighted by Crippen LogP contribution is 2.13. The molecule has 0 N–H and O–H groups in total. The Morgan fingerprint density at radius 2 is 2.11 bits per heavy atom. The van der Waals surface area contributed by atoms with Gasteiger partial charge in [-0.2, -0.15) is 0 Å². The number of hydrogen-bond acceptors (Lipinski definition) is 3. The van der Waals surface area contributed by atoms with Gasteiger partial charge in [0.25, 0.3) is 0 Å². The van der Waals surface area contributed by atoms with Crippen molar-refractivity contribution in [2.45, 2.75) is 45.1 Å². The van der Waals surface area contributed by atoms with Gasteiger partial charge in [-0.25, -0.2) is 0 Å². The molecule has 1 aliphatic heterocycles. The Morgan fingerprint density at radius 1 is 1.32 bits per heavy atom. The van der Waals surface area contributed by atoms with Crippen LogP contribution in [-0.2, 0) is 20.7 Å². The van der Waals surface area contributed by atoms with Crippen LogP contribution in [0.4, 0.5) is 0 Å². The highest BCUT2D eigenvalue weighted by molar-refractivity contribution is 5.69.